The molecule has 0 aromatic heterocycles. The molecule has 2 atom stereocenters. The molecule has 0 bridgehead atoms. The van der Waals surface area contributed by atoms with Gasteiger partial charge in [0.15, 0.2) is 5.84 Å². The lowest BCUT2D eigenvalue weighted by Gasteiger charge is -2.53. The molecule has 0 aliphatic heterocycles. The van der Waals surface area contributed by atoms with E-state index in [9.17, 15) is 4.79 Å². The van der Waals surface area contributed by atoms with Gasteiger partial charge in [-0.3, -0.25) is 4.79 Å². The summed E-state index contributed by atoms with van der Waals surface area (Å²) in [4.78, 5) is 12.5. The third kappa shape index (κ3) is 2.16. The first-order valence-electron chi connectivity index (χ1n) is 7.29. The fraction of sp³-hybridized carbons (Fsp3) is 0.857. The molecule has 0 spiro atoms. The lowest BCUT2D eigenvalue weighted by Crippen LogP contribution is -2.65. The zero-order valence-corrected chi connectivity index (χ0v) is 12.5. The molecular weight excluding hydrogens is 258 g/mol. The summed E-state index contributed by atoms with van der Waals surface area (Å²) in [6.45, 7) is 6.85. The van der Waals surface area contributed by atoms with Gasteiger partial charge in [0, 0.05) is 18.1 Å². The second-order valence-electron chi connectivity index (χ2n) is 6.45. The Morgan fingerprint density at radius 1 is 1.50 bits per heavy atom. The van der Waals surface area contributed by atoms with Crippen molar-refractivity contribution < 1.29 is 14.7 Å². The van der Waals surface area contributed by atoms with Gasteiger partial charge in [-0.2, -0.15) is 0 Å². The van der Waals surface area contributed by atoms with Crippen molar-refractivity contribution in [2.45, 2.75) is 58.6 Å². The minimum atomic E-state index is -0.804. The maximum Gasteiger partial charge on any atom is 0.234 e. The fourth-order valence-electron chi connectivity index (χ4n) is 3.14. The van der Waals surface area contributed by atoms with Crippen molar-refractivity contribution in [3.8, 4) is 0 Å². The highest BCUT2D eigenvalue weighted by Crippen LogP contribution is 2.45. The Morgan fingerprint density at radius 2 is 2.15 bits per heavy atom. The highest BCUT2D eigenvalue weighted by molar-refractivity contribution is 6.07. The van der Waals surface area contributed by atoms with E-state index in [2.05, 4.69) is 24.3 Å². The average Bonchev–Trinajstić information content (AvgIpc) is 2.36. The SMILES string of the molecule is CCOC1CC(NC(=O)C2(C(N)=NO)CCC2)C1(C)C. The number of hydrogen-bond donors (Lipinski definition) is 3. The van der Waals surface area contributed by atoms with Crippen LogP contribution >= 0.6 is 0 Å². The van der Waals surface area contributed by atoms with Gasteiger partial charge in [-0.1, -0.05) is 25.4 Å². The molecule has 6 nitrogen and oxygen atoms in total. The number of amides is 1. The number of carbonyl (C=O) groups is 1. The Kier molecular flexibility index (Phi) is 3.95. The Bertz CT molecular complexity index is 416. The summed E-state index contributed by atoms with van der Waals surface area (Å²) in [5.74, 6) is -0.0909. The van der Waals surface area contributed by atoms with E-state index in [4.69, 9.17) is 15.7 Å². The van der Waals surface area contributed by atoms with Gasteiger partial charge in [-0.25, -0.2) is 0 Å². The third-order valence-electron chi connectivity index (χ3n) is 5.09. The highest BCUT2D eigenvalue weighted by Gasteiger charge is 2.54. The van der Waals surface area contributed by atoms with E-state index in [0.29, 0.717) is 19.4 Å². The Labute approximate surface area is 119 Å². The van der Waals surface area contributed by atoms with Crippen LogP contribution in [0.5, 0.6) is 0 Å². The normalized spacial score (nSPS) is 31.1. The second-order valence-corrected chi connectivity index (χ2v) is 6.45. The molecule has 0 radical (unpaired) electrons. The molecule has 2 fully saturated rings. The van der Waals surface area contributed by atoms with Crippen LogP contribution in [-0.4, -0.2) is 35.7 Å². The predicted octanol–water partition coefficient (Wildman–Crippen LogP) is 1.22. The summed E-state index contributed by atoms with van der Waals surface area (Å²) >= 11 is 0. The summed E-state index contributed by atoms with van der Waals surface area (Å²) in [5, 5.41) is 15.0. The predicted molar refractivity (Wildman–Crippen MR) is 75.4 cm³/mol. The van der Waals surface area contributed by atoms with Crippen molar-refractivity contribution in [2.75, 3.05) is 6.61 Å². The van der Waals surface area contributed by atoms with Crippen molar-refractivity contribution in [1.82, 2.24) is 5.32 Å². The zero-order valence-electron chi connectivity index (χ0n) is 12.5. The monoisotopic (exact) mass is 283 g/mol. The molecule has 4 N–H and O–H groups in total. The standard InChI is InChI=1S/C14H25N3O3/c1-4-20-10-8-9(13(10,2)3)16-12(18)14(6-5-7-14)11(15)17-19/h9-10,19H,4-8H2,1-3H3,(H2,15,17)(H,16,18). The Balaban J connectivity index is 1.99. The second kappa shape index (κ2) is 5.24. The number of nitrogens with two attached hydrogens (primary N) is 1. The van der Waals surface area contributed by atoms with Crippen LogP contribution < -0.4 is 11.1 Å². The minimum Gasteiger partial charge on any atom is -0.409 e. The van der Waals surface area contributed by atoms with Crippen LogP contribution in [0.15, 0.2) is 5.16 Å². The number of hydrogen-bond acceptors (Lipinski definition) is 4. The molecular formula is C14H25N3O3. The van der Waals surface area contributed by atoms with Gasteiger partial charge in [0.1, 0.15) is 5.41 Å². The lowest BCUT2D eigenvalue weighted by molar-refractivity contribution is -0.144. The van der Waals surface area contributed by atoms with Gasteiger partial charge in [0.05, 0.1) is 6.10 Å². The van der Waals surface area contributed by atoms with E-state index in [-0.39, 0.29) is 29.3 Å². The van der Waals surface area contributed by atoms with Gasteiger partial charge in [-0.15, -0.1) is 0 Å². The first-order chi connectivity index (χ1) is 9.38. The number of nitrogens with zero attached hydrogens (tertiary/aromatic N) is 1. The molecule has 2 saturated carbocycles. The van der Waals surface area contributed by atoms with Gasteiger partial charge in [0.25, 0.3) is 0 Å². The summed E-state index contributed by atoms with van der Waals surface area (Å²) in [5.41, 5.74) is 4.82. The van der Waals surface area contributed by atoms with Crippen molar-refractivity contribution in [3.63, 3.8) is 0 Å². The Hall–Kier alpha value is -1.30. The number of carbonyl (C=O) groups excluding carboxylic acids is 1. The molecule has 0 saturated heterocycles. The van der Waals surface area contributed by atoms with Crippen LogP contribution in [0.3, 0.4) is 0 Å². The van der Waals surface area contributed by atoms with E-state index >= 15 is 0 Å². The minimum absolute atomic E-state index is 0.0275. The molecule has 0 heterocycles. The van der Waals surface area contributed by atoms with Crippen LogP contribution in [0.1, 0.15) is 46.5 Å². The molecule has 2 aliphatic carbocycles. The molecule has 2 unspecified atom stereocenters. The third-order valence-corrected chi connectivity index (χ3v) is 5.09. The molecule has 6 heteroatoms. The number of oxime groups is 1. The van der Waals surface area contributed by atoms with Crippen molar-refractivity contribution >= 4 is 11.7 Å². The van der Waals surface area contributed by atoms with Gasteiger partial charge in [-0.05, 0) is 26.2 Å². The van der Waals surface area contributed by atoms with Crippen LogP contribution in [0.2, 0.25) is 0 Å². The summed E-state index contributed by atoms with van der Waals surface area (Å²) in [6.07, 6.45) is 3.23. The largest absolute Gasteiger partial charge is 0.409 e. The van der Waals surface area contributed by atoms with Crippen molar-refractivity contribution in [1.29, 1.82) is 0 Å². The van der Waals surface area contributed by atoms with E-state index in [1.807, 2.05) is 6.92 Å². The van der Waals surface area contributed by atoms with Gasteiger partial charge in [0.2, 0.25) is 5.91 Å². The van der Waals surface area contributed by atoms with E-state index in [1.54, 1.807) is 0 Å². The molecule has 0 aromatic rings. The van der Waals surface area contributed by atoms with Crippen molar-refractivity contribution in [3.05, 3.63) is 0 Å². The highest BCUT2D eigenvalue weighted by atomic mass is 16.5. The van der Waals surface area contributed by atoms with Crippen molar-refractivity contribution in [2.24, 2.45) is 21.7 Å². The zero-order chi connectivity index (χ0) is 15.0. The lowest BCUT2D eigenvalue weighted by atomic mass is 9.62. The molecule has 114 valence electrons. The fourth-order valence-corrected chi connectivity index (χ4v) is 3.14. The summed E-state index contributed by atoms with van der Waals surface area (Å²) < 4.78 is 5.66. The molecule has 1 amide bonds. The smallest absolute Gasteiger partial charge is 0.234 e. The van der Waals surface area contributed by atoms with Gasteiger partial charge >= 0.3 is 0 Å². The van der Waals surface area contributed by atoms with E-state index in [0.717, 1.165) is 12.8 Å². The summed E-state index contributed by atoms with van der Waals surface area (Å²) in [7, 11) is 0. The van der Waals surface area contributed by atoms with E-state index < -0.39 is 5.41 Å². The summed E-state index contributed by atoms with van der Waals surface area (Å²) in [6, 6.07) is 0.0792. The van der Waals surface area contributed by atoms with E-state index in [1.165, 1.54) is 0 Å². The maximum atomic E-state index is 12.5. The first kappa shape index (κ1) is 15.1. The quantitative estimate of drug-likeness (QED) is 0.306. The number of rotatable bonds is 5. The first-order valence-corrected chi connectivity index (χ1v) is 7.29. The Morgan fingerprint density at radius 3 is 2.55 bits per heavy atom. The number of ether oxygens (including phenoxy) is 1. The van der Waals surface area contributed by atoms with Crippen LogP contribution in [-0.2, 0) is 9.53 Å². The van der Waals surface area contributed by atoms with Crippen LogP contribution in [0.25, 0.3) is 0 Å². The number of amidine groups is 1. The molecule has 2 aliphatic rings. The number of nitrogens with one attached hydrogen (secondary N) is 1. The van der Waals surface area contributed by atoms with Crippen LogP contribution in [0, 0.1) is 10.8 Å². The average molecular weight is 283 g/mol. The van der Waals surface area contributed by atoms with Gasteiger partial charge < -0.3 is 21.0 Å². The molecule has 20 heavy (non-hydrogen) atoms. The topological polar surface area (TPSA) is 96.9 Å². The molecule has 2 rings (SSSR count). The maximum absolute atomic E-state index is 12.5. The molecule has 0 aromatic carbocycles. The van der Waals surface area contributed by atoms with Crippen LogP contribution in [0.4, 0.5) is 0 Å².